The van der Waals surface area contributed by atoms with Crippen molar-refractivity contribution in [1.29, 1.82) is 0 Å². The molecule has 0 aliphatic heterocycles. The molecule has 14 heavy (non-hydrogen) atoms. The molecule has 0 amide bonds. The topological polar surface area (TPSA) is 35.2 Å². The molecule has 0 aliphatic rings. The molecule has 1 rings (SSSR count). The van der Waals surface area contributed by atoms with E-state index < -0.39 is 5.82 Å². The Morgan fingerprint density at radius 2 is 2.29 bits per heavy atom. The quantitative estimate of drug-likeness (QED) is 0.605. The normalized spacial score (nSPS) is 10.1. The van der Waals surface area contributed by atoms with Gasteiger partial charge in [0, 0.05) is 5.75 Å². The van der Waals surface area contributed by atoms with Crippen molar-refractivity contribution in [2.24, 2.45) is 0 Å². The summed E-state index contributed by atoms with van der Waals surface area (Å²) in [6, 6.07) is 4.54. The maximum atomic E-state index is 13.1. The Labute approximate surface area is 87.6 Å². The number of para-hydroxylation sites is 1. The summed E-state index contributed by atoms with van der Waals surface area (Å²) in [5.74, 6) is 1.66. The van der Waals surface area contributed by atoms with Gasteiger partial charge in [0.25, 0.3) is 0 Å². The van der Waals surface area contributed by atoms with Gasteiger partial charge in [-0.3, -0.25) is 0 Å². The largest absolute Gasteiger partial charge is 0.487 e. The Bertz CT molecular complexity index is 273. The lowest BCUT2D eigenvalue weighted by Crippen LogP contribution is -2.04. The number of hydrogen-bond donors (Lipinski definition) is 1. The van der Waals surface area contributed by atoms with Gasteiger partial charge in [0.05, 0.1) is 12.3 Å². The lowest BCUT2D eigenvalue weighted by Gasteiger charge is -2.08. The number of rotatable bonds is 5. The van der Waals surface area contributed by atoms with Gasteiger partial charge in [0.1, 0.15) is 0 Å². The first-order valence-corrected chi connectivity index (χ1v) is 5.65. The maximum Gasteiger partial charge on any atom is 0.177 e. The fourth-order valence-electron chi connectivity index (χ4n) is 1.02. The number of nitrogen functional groups attached to an aromatic ring is 1. The number of halogens is 1. The average molecular weight is 215 g/mol. The van der Waals surface area contributed by atoms with E-state index in [4.69, 9.17) is 10.5 Å². The van der Waals surface area contributed by atoms with Crippen LogP contribution in [-0.4, -0.2) is 18.1 Å². The van der Waals surface area contributed by atoms with Crippen molar-refractivity contribution < 1.29 is 9.13 Å². The van der Waals surface area contributed by atoms with Gasteiger partial charge in [-0.05, 0) is 17.9 Å². The van der Waals surface area contributed by atoms with E-state index in [1.54, 1.807) is 23.9 Å². The van der Waals surface area contributed by atoms with E-state index >= 15 is 0 Å². The second-order valence-corrected chi connectivity index (χ2v) is 4.10. The van der Waals surface area contributed by atoms with Gasteiger partial charge in [-0.15, -0.1) is 0 Å². The average Bonchev–Trinajstić information content (AvgIpc) is 2.16. The number of nitrogens with two attached hydrogens (primary N) is 1. The minimum atomic E-state index is -0.397. The van der Waals surface area contributed by atoms with Gasteiger partial charge in [0.2, 0.25) is 0 Å². The third-order valence-corrected chi connectivity index (χ3v) is 2.54. The van der Waals surface area contributed by atoms with E-state index in [0.29, 0.717) is 12.3 Å². The minimum Gasteiger partial charge on any atom is -0.487 e. The van der Waals surface area contributed by atoms with Crippen LogP contribution in [0.4, 0.5) is 10.1 Å². The molecule has 78 valence electrons. The third kappa shape index (κ3) is 3.10. The highest BCUT2D eigenvalue weighted by molar-refractivity contribution is 7.99. The van der Waals surface area contributed by atoms with Crippen molar-refractivity contribution in [2.45, 2.75) is 6.92 Å². The summed E-state index contributed by atoms with van der Waals surface area (Å²) in [6.45, 7) is 2.56. The van der Waals surface area contributed by atoms with Gasteiger partial charge in [-0.1, -0.05) is 13.0 Å². The van der Waals surface area contributed by atoms with E-state index in [1.807, 2.05) is 0 Å². The fourth-order valence-corrected chi connectivity index (χ4v) is 1.51. The molecule has 0 aromatic heterocycles. The van der Waals surface area contributed by atoms with Crippen LogP contribution in [0.5, 0.6) is 5.75 Å². The summed E-state index contributed by atoms with van der Waals surface area (Å²) in [7, 11) is 0. The van der Waals surface area contributed by atoms with Crippen LogP contribution in [0, 0.1) is 5.82 Å². The van der Waals surface area contributed by atoms with E-state index in [9.17, 15) is 4.39 Å². The van der Waals surface area contributed by atoms with E-state index in [1.165, 1.54) is 6.07 Å². The van der Waals surface area contributed by atoms with Crippen LogP contribution in [0.1, 0.15) is 6.92 Å². The van der Waals surface area contributed by atoms with Crippen molar-refractivity contribution in [1.82, 2.24) is 0 Å². The van der Waals surface area contributed by atoms with Crippen molar-refractivity contribution in [2.75, 3.05) is 23.8 Å². The van der Waals surface area contributed by atoms with E-state index in [2.05, 4.69) is 6.92 Å². The van der Waals surface area contributed by atoms with Crippen LogP contribution in [-0.2, 0) is 0 Å². The second kappa shape index (κ2) is 5.75. The molecule has 0 bridgehead atoms. The minimum absolute atomic E-state index is 0.171. The molecule has 0 aliphatic carbocycles. The number of thioether (sulfide) groups is 1. The number of anilines is 1. The Hall–Kier alpha value is -0.900. The Morgan fingerprint density at radius 3 is 2.93 bits per heavy atom. The Morgan fingerprint density at radius 1 is 1.50 bits per heavy atom. The predicted molar refractivity (Wildman–Crippen MR) is 59.3 cm³/mol. The number of hydrogen-bond acceptors (Lipinski definition) is 3. The van der Waals surface area contributed by atoms with Crippen LogP contribution in [0.2, 0.25) is 0 Å². The highest BCUT2D eigenvalue weighted by atomic mass is 32.2. The first-order chi connectivity index (χ1) is 6.75. The summed E-state index contributed by atoms with van der Waals surface area (Å²) in [5.41, 5.74) is 5.92. The Balaban J connectivity index is 2.49. The van der Waals surface area contributed by atoms with Gasteiger partial charge in [-0.25, -0.2) is 4.39 Å². The lowest BCUT2D eigenvalue weighted by atomic mass is 10.3. The molecule has 0 saturated carbocycles. The fraction of sp³-hybridized carbons (Fsp3) is 0.400. The number of benzene rings is 1. The lowest BCUT2D eigenvalue weighted by molar-refractivity contribution is 0.327. The van der Waals surface area contributed by atoms with Crippen LogP contribution >= 0.6 is 11.8 Å². The SMILES string of the molecule is CCSCCOc1c(N)cccc1F. The second-order valence-electron chi connectivity index (χ2n) is 2.70. The van der Waals surface area contributed by atoms with Crippen LogP contribution in [0.25, 0.3) is 0 Å². The van der Waals surface area contributed by atoms with Crippen LogP contribution in [0.3, 0.4) is 0 Å². The Kier molecular flexibility index (Phi) is 4.59. The van der Waals surface area contributed by atoms with Crippen LogP contribution < -0.4 is 10.5 Å². The van der Waals surface area contributed by atoms with Gasteiger partial charge in [0.15, 0.2) is 11.6 Å². The summed E-state index contributed by atoms with van der Waals surface area (Å²) in [4.78, 5) is 0. The van der Waals surface area contributed by atoms with Gasteiger partial charge < -0.3 is 10.5 Å². The molecule has 0 heterocycles. The molecule has 1 aromatic carbocycles. The van der Waals surface area contributed by atoms with Gasteiger partial charge >= 0.3 is 0 Å². The molecule has 0 spiro atoms. The zero-order valence-corrected chi connectivity index (χ0v) is 8.94. The summed E-state index contributed by atoms with van der Waals surface area (Å²) in [6.07, 6.45) is 0. The monoisotopic (exact) mass is 215 g/mol. The smallest absolute Gasteiger partial charge is 0.177 e. The first-order valence-electron chi connectivity index (χ1n) is 4.50. The first kappa shape index (κ1) is 11.2. The summed E-state index contributed by atoms with van der Waals surface area (Å²) >= 11 is 1.75. The molecule has 0 radical (unpaired) electrons. The molecule has 0 unspecified atom stereocenters. The van der Waals surface area contributed by atoms with Crippen molar-refractivity contribution in [3.8, 4) is 5.75 Å². The molecule has 0 saturated heterocycles. The molecular formula is C10H14FNOS. The van der Waals surface area contributed by atoms with E-state index in [-0.39, 0.29) is 5.75 Å². The van der Waals surface area contributed by atoms with Gasteiger partial charge in [-0.2, -0.15) is 11.8 Å². The molecule has 0 atom stereocenters. The highest BCUT2D eigenvalue weighted by Gasteiger charge is 2.06. The molecule has 0 fully saturated rings. The van der Waals surface area contributed by atoms with Crippen molar-refractivity contribution in [3.05, 3.63) is 24.0 Å². The zero-order chi connectivity index (χ0) is 10.4. The highest BCUT2D eigenvalue weighted by Crippen LogP contribution is 2.24. The van der Waals surface area contributed by atoms with Crippen molar-refractivity contribution >= 4 is 17.4 Å². The number of ether oxygens (including phenoxy) is 1. The molecule has 1 aromatic rings. The summed E-state index contributed by atoms with van der Waals surface area (Å²) in [5, 5.41) is 0. The molecule has 4 heteroatoms. The maximum absolute atomic E-state index is 13.1. The molecular weight excluding hydrogens is 201 g/mol. The standard InChI is InChI=1S/C10H14FNOS/c1-2-14-7-6-13-10-8(11)4-3-5-9(10)12/h3-5H,2,6-7,12H2,1H3. The predicted octanol–water partition coefficient (Wildman–Crippen LogP) is 2.54. The van der Waals surface area contributed by atoms with E-state index in [0.717, 1.165) is 11.5 Å². The molecule has 2 nitrogen and oxygen atoms in total. The third-order valence-electron chi connectivity index (χ3n) is 1.68. The zero-order valence-electron chi connectivity index (χ0n) is 8.13. The van der Waals surface area contributed by atoms with Crippen LogP contribution in [0.15, 0.2) is 18.2 Å². The van der Waals surface area contributed by atoms with Crippen molar-refractivity contribution in [3.63, 3.8) is 0 Å². The summed E-state index contributed by atoms with van der Waals surface area (Å²) < 4.78 is 18.4. The molecule has 2 N–H and O–H groups in total.